The number of amides is 1. The molecule has 0 aliphatic carbocycles. The summed E-state index contributed by atoms with van der Waals surface area (Å²) < 4.78 is 13.1. The molecule has 4 heteroatoms. The summed E-state index contributed by atoms with van der Waals surface area (Å²) in [6, 6.07) is 12.5. The molecule has 0 aromatic heterocycles. The van der Waals surface area contributed by atoms with Gasteiger partial charge >= 0.3 is 0 Å². The molecule has 0 unspecified atom stereocenters. The van der Waals surface area contributed by atoms with Crippen molar-refractivity contribution in [2.24, 2.45) is 5.92 Å². The van der Waals surface area contributed by atoms with Crippen LogP contribution < -0.4 is 10.6 Å². The van der Waals surface area contributed by atoms with Crippen LogP contribution in [0.4, 0.5) is 10.1 Å². The Bertz CT molecular complexity index is 695. The highest BCUT2D eigenvalue weighted by Gasteiger charge is 2.20. The van der Waals surface area contributed by atoms with E-state index in [4.69, 9.17) is 0 Å². The minimum atomic E-state index is -0.242. The number of halogens is 1. The number of carbonyl (C=O) groups is 1. The van der Waals surface area contributed by atoms with Crippen LogP contribution in [0.15, 0.2) is 42.5 Å². The van der Waals surface area contributed by atoms with Crippen molar-refractivity contribution in [2.75, 3.05) is 11.9 Å². The molecule has 3 nitrogen and oxygen atoms in total. The number of hydrogen-bond acceptors (Lipinski definition) is 1. The first-order valence-corrected chi connectivity index (χ1v) is 8.32. The van der Waals surface area contributed by atoms with Crippen LogP contribution in [-0.4, -0.2) is 12.5 Å². The second kappa shape index (κ2) is 8.06. The molecule has 0 aliphatic heterocycles. The third-order valence-corrected chi connectivity index (χ3v) is 4.32. The van der Waals surface area contributed by atoms with Crippen LogP contribution in [0.1, 0.15) is 36.6 Å². The number of hydrogen-bond donors (Lipinski definition) is 2. The Balaban J connectivity index is 1.97. The monoisotopic (exact) mass is 329 g/mol. The Hall–Kier alpha value is -2.20. The van der Waals surface area contributed by atoms with E-state index in [-0.39, 0.29) is 17.8 Å². The van der Waals surface area contributed by atoms with Crippen LogP contribution in [0.3, 0.4) is 0 Å². The average molecular weight is 329 g/mol. The van der Waals surface area contributed by atoms with Gasteiger partial charge in [-0.2, -0.15) is 0 Å². The maximum absolute atomic E-state index is 13.1. The molecule has 0 saturated heterocycles. The molecule has 0 aliphatic rings. The normalized spacial score (nSPS) is 12.2. The predicted octanol–water partition coefficient (Wildman–Crippen LogP) is 3.34. The molecule has 128 valence electrons. The lowest BCUT2D eigenvalue weighted by Crippen LogP contribution is -2.88. The molecular weight excluding hydrogens is 303 g/mol. The quantitative estimate of drug-likeness (QED) is 0.839. The Kier molecular flexibility index (Phi) is 6.10. The Morgan fingerprint density at radius 2 is 1.75 bits per heavy atom. The van der Waals surface area contributed by atoms with E-state index >= 15 is 0 Å². The van der Waals surface area contributed by atoms with Crippen LogP contribution in [-0.2, 0) is 4.79 Å². The van der Waals surface area contributed by atoms with Gasteiger partial charge in [-0.25, -0.2) is 4.39 Å². The van der Waals surface area contributed by atoms with Gasteiger partial charge in [0.2, 0.25) is 0 Å². The van der Waals surface area contributed by atoms with Crippen molar-refractivity contribution < 1.29 is 14.5 Å². The van der Waals surface area contributed by atoms with E-state index in [0.29, 0.717) is 12.5 Å². The van der Waals surface area contributed by atoms with Gasteiger partial charge in [0.1, 0.15) is 11.9 Å². The van der Waals surface area contributed by atoms with Crippen molar-refractivity contribution in [1.82, 2.24) is 0 Å². The predicted molar refractivity (Wildman–Crippen MR) is 95.3 cm³/mol. The summed E-state index contributed by atoms with van der Waals surface area (Å²) in [5.41, 5.74) is 4.21. The summed E-state index contributed by atoms with van der Waals surface area (Å²) in [6.07, 6.45) is 0. The average Bonchev–Trinajstić information content (AvgIpc) is 2.52. The molecule has 0 spiro atoms. The lowest BCUT2D eigenvalue weighted by atomic mass is 9.96. The minimum Gasteiger partial charge on any atom is -0.332 e. The number of nitrogens with one attached hydrogen (secondary N) is 1. The minimum absolute atomic E-state index is 0.0361. The van der Waals surface area contributed by atoms with Crippen molar-refractivity contribution in [2.45, 2.75) is 33.7 Å². The number of aryl methyl sites for hydroxylation is 2. The van der Waals surface area contributed by atoms with Crippen molar-refractivity contribution in [1.29, 1.82) is 0 Å². The fourth-order valence-electron chi connectivity index (χ4n) is 2.74. The van der Waals surface area contributed by atoms with Crippen LogP contribution in [0, 0.1) is 25.6 Å². The maximum Gasteiger partial charge on any atom is 0.279 e. The van der Waals surface area contributed by atoms with Gasteiger partial charge < -0.3 is 10.6 Å². The smallest absolute Gasteiger partial charge is 0.279 e. The molecule has 1 amide bonds. The Morgan fingerprint density at radius 3 is 2.33 bits per heavy atom. The van der Waals surface area contributed by atoms with Crippen LogP contribution in [0.25, 0.3) is 0 Å². The second-order valence-electron chi connectivity index (χ2n) is 6.61. The highest BCUT2D eigenvalue weighted by molar-refractivity contribution is 5.91. The highest BCUT2D eigenvalue weighted by atomic mass is 19.1. The lowest BCUT2D eigenvalue weighted by Gasteiger charge is -2.19. The maximum atomic E-state index is 13.1. The molecule has 0 fully saturated rings. The first-order valence-electron chi connectivity index (χ1n) is 8.32. The van der Waals surface area contributed by atoms with Crippen LogP contribution in [0.2, 0.25) is 0 Å². The molecule has 0 radical (unpaired) electrons. The Labute approximate surface area is 143 Å². The largest absolute Gasteiger partial charge is 0.332 e. The summed E-state index contributed by atoms with van der Waals surface area (Å²) in [5.74, 6) is 0.0598. The summed E-state index contributed by atoms with van der Waals surface area (Å²) in [7, 11) is 0. The molecule has 2 aromatic rings. The fourth-order valence-corrected chi connectivity index (χ4v) is 2.74. The first kappa shape index (κ1) is 18.1. The van der Waals surface area contributed by atoms with Crippen molar-refractivity contribution in [3.05, 3.63) is 65.0 Å². The van der Waals surface area contributed by atoms with Gasteiger partial charge in [-0.1, -0.05) is 32.0 Å². The van der Waals surface area contributed by atoms with E-state index in [2.05, 4.69) is 19.2 Å². The zero-order valence-corrected chi connectivity index (χ0v) is 14.8. The van der Waals surface area contributed by atoms with E-state index in [9.17, 15) is 9.18 Å². The van der Waals surface area contributed by atoms with Crippen molar-refractivity contribution in [3.8, 4) is 0 Å². The van der Waals surface area contributed by atoms with Crippen molar-refractivity contribution >= 4 is 11.6 Å². The van der Waals surface area contributed by atoms with E-state index in [1.807, 2.05) is 37.4 Å². The molecule has 2 rings (SSSR count). The summed E-state index contributed by atoms with van der Waals surface area (Å²) in [4.78, 5) is 12.2. The third kappa shape index (κ3) is 4.90. The standard InChI is InChI=1S/C20H25FN2O/c1-13(2)20(16-6-8-17(21)9-7-16)22-12-19(24)23-18-10-5-14(3)15(4)11-18/h5-11,13,20,22H,12H2,1-4H3,(H,23,24)/p+1/t20-/m1/s1. The third-order valence-electron chi connectivity index (χ3n) is 4.32. The SMILES string of the molecule is Cc1ccc(NC(=O)C[NH2+][C@@H](c2ccc(F)cc2)C(C)C)cc1C. The van der Waals surface area contributed by atoms with Gasteiger partial charge in [0.25, 0.3) is 5.91 Å². The molecule has 0 bridgehead atoms. The number of nitrogens with two attached hydrogens (primary N) is 1. The number of benzene rings is 2. The molecule has 0 saturated carbocycles. The number of quaternary nitrogens is 1. The van der Waals surface area contributed by atoms with E-state index in [1.54, 1.807) is 12.1 Å². The van der Waals surface area contributed by atoms with Crippen LogP contribution >= 0.6 is 0 Å². The second-order valence-corrected chi connectivity index (χ2v) is 6.61. The van der Waals surface area contributed by atoms with E-state index in [0.717, 1.165) is 16.8 Å². The molecule has 24 heavy (non-hydrogen) atoms. The summed E-state index contributed by atoms with van der Waals surface area (Å²) in [6.45, 7) is 8.61. The van der Waals surface area contributed by atoms with E-state index in [1.165, 1.54) is 17.7 Å². The Morgan fingerprint density at radius 1 is 1.08 bits per heavy atom. The van der Waals surface area contributed by atoms with Gasteiger partial charge in [-0.3, -0.25) is 4.79 Å². The fraction of sp³-hybridized carbons (Fsp3) is 0.350. The topological polar surface area (TPSA) is 45.7 Å². The molecular formula is C20H26FN2O+. The number of rotatable bonds is 6. The number of anilines is 1. The van der Waals surface area contributed by atoms with Gasteiger partial charge in [-0.05, 0) is 49.2 Å². The molecule has 1 atom stereocenters. The highest BCUT2D eigenvalue weighted by Crippen LogP contribution is 2.18. The van der Waals surface area contributed by atoms with Gasteiger partial charge in [0.15, 0.2) is 6.54 Å². The molecule has 3 N–H and O–H groups in total. The van der Waals surface area contributed by atoms with Gasteiger partial charge in [0.05, 0.1) is 0 Å². The zero-order valence-electron chi connectivity index (χ0n) is 14.8. The van der Waals surface area contributed by atoms with E-state index < -0.39 is 0 Å². The summed E-state index contributed by atoms with van der Waals surface area (Å²) in [5, 5.41) is 4.94. The molecule has 2 aromatic carbocycles. The number of carbonyl (C=O) groups excluding carboxylic acids is 1. The van der Waals surface area contributed by atoms with Crippen LogP contribution in [0.5, 0.6) is 0 Å². The summed E-state index contributed by atoms with van der Waals surface area (Å²) >= 11 is 0. The first-order chi connectivity index (χ1) is 11.4. The van der Waals surface area contributed by atoms with Crippen molar-refractivity contribution in [3.63, 3.8) is 0 Å². The van der Waals surface area contributed by atoms with Gasteiger partial charge in [0, 0.05) is 17.2 Å². The zero-order chi connectivity index (χ0) is 17.7. The van der Waals surface area contributed by atoms with Gasteiger partial charge in [-0.15, -0.1) is 0 Å². The lowest BCUT2D eigenvalue weighted by molar-refractivity contribution is -0.692. The molecule has 0 heterocycles.